The fourth-order valence-electron chi connectivity index (χ4n) is 2.08. The van der Waals surface area contributed by atoms with E-state index in [9.17, 15) is 4.79 Å². The first-order valence-electron chi connectivity index (χ1n) is 6.11. The Morgan fingerprint density at radius 3 is 2.89 bits per heavy atom. The molecule has 1 aliphatic rings. The number of hydrogen-bond donors (Lipinski definition) is 1. The summed E-state index contributed by atoms with van der Waals surface area (Å²) in [7, 11) is 0. The second-order valence-corrected chi connectivity index (χ2v) is 5.51. The Labute approximate surface area is 118 Å². The van der Waals surface area contributed by atoms with Crippen LogP contribution in [-0.4, -0.2) is 41.5 Å². The molecule has 4 nitrogen and oxygen atoms in total. The zero-order chi connectivity index (χ0) is 12.4. The van der Waals surface area contributed by atoms with Gasteiger partial charge in [0.15, 0.2) is 0 Å². The van der Waals surface area contributed by atoms with Gasteiger partial charge in [0.1, 0.15) is 4.88 Å². The molecule has 0 spiro atoms. The van der Waals surface area contributed by atoms with Gasteiger partial charge < -0.3 is 10.2 Å². The van der Waals surface area contributed by atoms with Crippen molar-refractivity contribution in [1.29, 1.82) is 0 Å². The van der Waals surface area contributed by atoms with E-state index in [0.717, 1.165) is 41.6 Å². The number of nitrogens with zero attached hydrogens (tertiary/aromatic N) is 2. The van der Waals surface area contributed by atoms with Crippen LogP contribution in [0.5, 0.6) is 0 Å². The molecule has 2 rings (SSSR count). The van der Waals surface area contributed by atoms with Gasteiger partial charge in [-0.2, -0.15) is 0 Å². The summed E-state index contributed by atoms with van der Waals surface area (Å²) in [6.07, 6.45) is 0.899. The van der Waals surface area contributed by atoms with Crippen molar-refractivity contribution in [2.75, 3.05) is 19.6 Å². The van der Waals surface area contributed by atoms with Crippen LogP contribution in [0.3, 0.4) is 0 Å². The molecule has 1 amide bonds. The van der Waals surface area contributed by atoms with Crippen molar-refractivity contribution >= 4 is 29.7 Å². The molecule has 0 aromatic carbocycles. The van der Waals surface area contributed by atoms with E-state index in [4.69, 9.17) is 0 Å². The van der Waals surface area contributed by atoms with Gasteiger partial charge in [0, 0.05) is 25.7 Å². The maximum absolute atomic E-state index is 12.4. The van der Waals surface area contributed by atoms with Crippen LogP contribution in [0.15, 0.2) is 0 Å². The van der Waals surface area contributed by atoms with Crippen LogP contribution in [0.25, 0.3) is 0 Å². The first-order chi connectivity index (χ1) is 8.13. The molecule has 18 heavy (non-hydrogen) atoms. The van der Waals surface area contributed by atoms with Crippen molar-refractivity contribution in [2.45, 2.75) is 33.2 Å². The van der Waals surface area contributed by atoms with E-state index in [1.807, 2.05) is 11.8 Å². The number of rotatable bonds is 2. The van der Waals surface area contributed by atoms with Crippen LogP contribution in [0, 0.1) is 6.92 Å². The lowest BCUT2D eigenvalue weighted by Crippen LogP contribution is -2.52. The van der Waals surface area contributed by atoms with Gasteiger partial charge in [-0.3, -0.25) is 4.79 Å². The summed E-state index contributed by atoms with van der Waals surface area (Å²) in [6.45, 7) is 8.63. The number of hydrogen-bond acceptors (Lipinski definition) is 4. The molecule has 0 aliphatic carbocycles. The normalized spacial score (nSPS) is 19.5. The molecule has 0 unspecified atom stereocenters. The second kappa shape index (κ2) is 6.50. The molecule has 1 aromatic heterocycles. The van der Waals surface area contributed by atoms with Gasteiger partial charge in [0.25, 0.3) is 5.91 Å². The highest BCUT2D eigenvalue weighted by Crippen LogP contribution is 2.21. The number of carbonyl (C=O) groups is 1. The van der Waals surface area contributed by atoms with Crippen LogP contribution in [0.1, 0.15) is 34.2 Å². The van der Waals surface area contributed by atoms with Crippen molar-refractivity contribution in [2.24, 2.45) is 0 Å². The molecule has 102 valence electrons. The standard InChI is InChI=1S/C12H19N3OS.ClH/c1-4-10-14-9(3)11(17-10)12(16)15-6-5-13-7-8(15)2;/h8,13H,4-7H2,1-3H3;1H/t8-;/m0./s1. The van der Waals surface area contributed by atoms with Crippen LogP contribution < -0.4 is 5.32 Å². The van der Waals surface area contributed by atoms with E-state index in [-0.39, 0.29) is 24.4 Å². The summed E-state index contributed by atoms with van der Waals surface area (Å²) in [5, 5.41) is 4.35. The van der Waals surface area contributed by atoms with Crippen LogP contribution in [0.2, 0.25) is 0 Å². The summed E-state index contributed by atoms with van der Waals surface area (Å²) in [6, 6.07) is 0.267. The lowest BCUT2D eigenvalue weighted by Gasteiger charge is -2.33. The highest BCUT2D eigenvalue weighted by molar-refractivity contribution is 7.13. The lowest BCUT2D eigenvalue weighted by molar-refractivity contribution is 0.0660. The molecular formula is C12H20ClN3OS. The average molecular weight is 290 g/mol. The van der Waals surface area contributed by atoms with E-state index in [0.29, 0.717) is 0 Å². The molecule has 0 bridgehead atoms. The molecule has 1 fully saturated rings. The number of thiazole rings is 1. The predicted octanol–water partition coefficient (Wildman–Crippen LogP) is 1.87. The highest BCUT2D eigenvalue weighted by atomic mass is 35.5. The van der Waals surface area contributed by atoms with Gasteiger partial charge in [-0.05, 0) is 20.3 Å². The Morgan fingerprint density at radius 2 is 2.33 bits per heavy atom. The molecule has 1 N–H and O–H groups in total. The van der Waals surface area contributed by atoms with Crippen molar-refractivity contribution in [1.82, 2.24) is 15.2 Å². The van der Waals surface area contributed by atoms with E-state index in [2.05, 4.69) is 24.1 Å². The lowest BCUT2D eigenvalue weighted by atomic mass is 10.2. The van der Waals surface area contributed by atoms with Gasteiger partial charge in [0.2, 0.25) is 0 Å². The van der Waals surface area contributed by atoms with E-state index >= 15 is 0 Å². The van der Waals surface area contributed by atoms with Gasteiger partial charge >= 0.3 is 0 Å². The number of nitrogens with one attached hydrogen (secondary N) is 1. The molecule has 0 saturated carbocycles. The summed E-state index contributed by atoms with van der Waals surface area (Å²) in [4.78, 5) is 19.6. The summed E-state index contributed by atoms with van der Waals surface area (Å²) >= 11 is 1.54. The quantitative estimate of drug-likeness (QED) is 0.904. The number of halogens is 1. The van der Waals surface area contributed by atoms with Crippen LogP contribution in [0.4, 0.5) is 0 Å². The monoisotopic (exact) mass is 289 g/mol. The molecule has 6 heteroatoms. The minimum absolute atomic E-state index is 0. The SMILES string of the molecule is CCc1nc(C)c(C(=O)N2CCNC[C@@H]2C)s1.Cl. The third-order valence-corrected chi connectivity index (χ3v) is 4.39. The smallest absolute Gasteiger partial charge is 0.266 e. The van der Waals surface area contributed by atoms with E-state index in [1.165, 1.54) is 0 Å². The first-order valence-corrected chi connectivity index (χ1v) is 6.93. The highest BCUT2D eigenvalue weighted by Gasteiger charge is 2.26. The summed E-state index contributed by atoms with van der Waals surface area (Å²) in [5.74, 6) is 0.147. The minimum Gasteiger partial charge on any atom is -0.333 e. The van der Waals surface area contributed by atoms with Crippen molar-refractivity contribution in [3.8, 4) is 0 Å². The van der Waals surface area contributed by atoms with E-state index in [1.54, 1.807) is 11.3 Å². The zero-order valence-electron chi connectivity index (χ0n) is 11.0. The first kappa shape index (κ1) is 15.4. The Kier molecular flexibility index (Phi) is 5.56. The number of carbonyl (C=O) groups excluding carboxylic acids is 1. The summed E-state index contributed by atoms with van der Waals surface area (Å²) < 4.78 is 0. The third kappa shape index (κ3) is 3.02. The van der Waals surface area contributed by atoms with Crippen molar-refractivity contribution in [3.05, 3.63) is 15.6 Å². The third-order valence-electron chi connectivity index (χ3n) is 3.10. The number of aryl methyl sites for hydroxylation is 2. The maximum Gasteiger partial charge on any atom is 0.266 e. The van der Waals surface area contributed by atoms with Gasteiger partial charge in [-0.15, -0.1) is 23.7 Å². The van der Waals surface area contributed by atoms with E-state index < -0.39 is 0 Å². The second-order valence-electron chi connectivity index (χ2n) is 4.43. The summed E-state index contributed by atoms with van der Waals surface area (Å²) in [5.41, 5.74) is 0.877. The largest absolute Gasteiger partial charge is 0.333 e. The molecule has 1 saturated heterocycles. The average Bonchev–Trinajstić information content (AvgIpc) is 2.70. The predicted molar refractivity (Wildman–Crippen MR) is 76.8 cm³/mol. The molecule has 1 aliphatic heterocycles. The van der Waals surface area contributed by atoms with Gasteiger partial charge in [0.05, 0.1) is 10.7 Å². The van der Waals surface area contributed by atoms with Crippen LogP contribution in [-0.2, 0) is 6.42 Å². The Balaban J connectivity index is 0.00000162. The number of aromatic nitrogens is 1. The van der Waals surface area contributed by atoms with Crippen molar-refractivity contribution < 1.29 is 4.79 Å². The molecular weight excluding hydrogens is 270 g/mol. The Morgan fingerprint density at radius 1 is 1.61 bits per heavy atom. The molecule has 0 radical (unpaired) electrons. The minimum atomic E-state index is 0. The Hall–Kier alpha value is -0.650. The van der Waals surface area contributed by atoms with Gasteiger partial charge in [-0.1, -0.05) is 6.92 Å². The fraction of sp³-hybridized carbons (Fsp3) is 0.667. The topological polar surface area (TPSA) is 45.2 Å². The molecule has 1 aromatic rings. The number of amides is 1. The number of piperazine rings is 1. The fourth-order valence-corrected chi connectivity index (χ4v) is 3.04. The maximum atomic E-state index is 12.4. The van der Waals surface area contributed by atoms with Crippen LogP contribution >= 0.6 is 23.7 Å². The van der Waals surface area contributed by atoms with Gasteiger partial charge in [-0.25, -0.2) is 4.98 Å². The molecule has 1 atom stereocenters. The Bertz CT molecular complexity index is 421. The molecule has 2 heterocycles. The van der Waals surface area contributed by atoms with Crippen molar-refractivity contribution in [3.63, 3.8) is 0 Å². The zero-order valence-corrected chi connectivity index (χ0v) is 12.7.